The summed E-state index contributed by atoms with van der Waals surface area (Å²) < 4.78 is 2.35. The Labute approximate surface area is 319 Å². The predicted molar refractivity (Wildman–Crippen MR) is 227 cm³/mol. The van der Waals surface area contributed by atoms with Gasteiger partial charge < -0.3 is 4.57 Å². The van der Waals surface area contributed by atoms with E-state index in [1.165, 1.54) is 32.9 Å². The van der Waals surface area contributed by atoms with Crippen molar-refractivity contribution in [1.29, 1.82) is 0 Å². The Morgan fingerprint density at radius 3 is 1.25 bits per heavy atom. The van der Waals surface area contributed by atoms with Crippen LogP contribution in [-0.4, -0.2) is 19.5 Å². The van der Waals surface area contributed by atoms with Crippen LogP contribution in [0.1, 0.15) is 0 Å². The first kappa shape index (κ1) is 32.2. The second-order valence-corrected chi connectivity index (χ2v) is 13.6. The van der Waals surface area contributed by atoms with Gasteiger partial charge in [-0.25, -0.2) is 15.0 Å². The molecule has 0 N–H and O–H groups in total. The van der Waals surface area contributed by atoms with Gasteiger partial charge in [-0.3, -0.25) is 0 Å². The van der Waals surface area contributed by atoms with Gasteiger partial charge in [-0.2, -0.15) is 0 Å². The van der Waals surface area contributed by atoms with Gasteiger partial charge in [0, 0.05) is 33.2 Å². The molecule has 10 rings (SSSR count). The lowest BCUT2D eigenvalue weighted by Gasteiger charge is -2.16. The van der Waals surface area contributed by atoms with Gasteiger partial charge in [0.05, 0.1) is 11.0 Å². The average molecular weight is 703 g/mol. The van der Waals surface area contributed by atoms with Gasteiger partial charge >= 0.3 is 0 Å². The molecule has 0 radical (unpaired) electrons. The van der Waals surface area contributed by atoms with E-state index in [0.717, 1.165) is 44.6 Å². The molecule has 2 heterocycles. The largest absolute Gasteiger partial charge is 0.309 e. The molecule has 0 fully saturated rings. The van der Waals surface area contributed by atoms with E-state index in [0.29, 0.717) is 17.5 Å². The molecule has 8 aromatic carbocycles. The fraction of sp³-hybridized carbons (Fsp3) is 0. The molecule has 0 amide bonds. The topological polar surface area (TPSA) is 43.6 Å². The molecule has 0 aliphatic rings. The summed E-state index contributed by atoms with van der Waals surface area (Å²) in [6.07, 6.45) is 0. The molecule has 0 atom stereocenters. The van der Waals surface area contributed by atoms with Crippen molar-refractivity contribution in [3.8, 4) is 73.2 Å². The molecule has 2 aromatic heterocycles. The molecule has 258 valence electrons. The fourth-order valence-corrected chi connectivity index (χ4v) is 7.67. The van der Waals surface area contributed by atoms with Gasteiger partial charge in [-0.1, -0.05) is 170 Å². The van der Waals surface area contributed by atoms with Crippen LogP contribution in [-0.2, 0) is 0 Å². The normalized spacial score (nSPS) is 11.3. The minimum atomic E-state index is 0.622. The van der Waals surface area contributed by atoms with Gasteiger partial charge in [-0.15, -0.1) is 0 Å². The van der Waals surface area contributed by atoms with Gasteiger partial charge in [-0.05, 0) is 69.8 Å². The van der Waals surface area contributed by atoms with Gasteiger partial charge in [0.25, 0.3) is 0 Å². The van der Waals surface area contributed by atoms with E-state index < -0.39 is 0 Å². The summed E-state index contributed by atoms with van der Waals surface area (Å²) in [7, 11) is 0. The van der Waals surface area contributed by atoms with Crippen LogP contribution in [0.2, 0.25) is 0 Å². The SMILES string of the molecule is c1ccc(-c2nc(-c3ccccc3)nc(-c3ccc(-c4ccccc4-c4ccccc4)cc3-c3ccc(-n4c5ccccc5c5ccccc54)cc3)n2)cc1. The van der Waals surface area contributed by atoms with E-state index in [1.54, 1.807) is 0 Å². The maximum atomic E-state index is 5.15. The molecular formula is C51H34N4. The summed E-state index contributed by atoms with van der Waals surface area (Å²) >= 11 is 0. The van der Waals surface area contributed by atoms with E-state index in [2.05, 4.69) is 150 Å². The molecule has 0 bridgehead atoms. The van der Waals surface area contributed by atoms with E-state index in [-0.39, 0.29) is 0 Å². The van der Waals surface area contributed by atoms with E-state index >= 15 is 0 Å². The molecule has 55 heavy (non-hydrogen) atoms. The van der Waals surface area contributed by atoms with Crippen molar-refractivity contribution in [2.75, 3.05) is 0 Å². The molecule has 0 aliphatic heterocycles. The monoisotopic (exact) mass is 702 g/mol. The molecule has 0 spiro atoms. The van der Waals surface area contributed by atoms with E-state index in [1.807, 2.05) is 60.7 Å². The maximum absolute atomic E-state index is 5.15. The van der Waals surface area contributed by atoms with Crippen molar-refractivity contribution in [1.82, 2.24) is 19.5 Å². The molecular weight excluding hydrogens is 669 g/mol. The van der Waals surface area contributed by atoms with Crippen LogP contribution in [0, 0.1) is 0 Å². The molecule has 4 heteroatoms. The lowest BCUT2D eigenvalue weighted by Crippen LogP contribution is -2.01. The summed E-state index contributed by atoms with van der Waals surface area (Å²) in [5.74, 6) is 1.89. The first-order valence-electron chi connectivity index (χ1n) is 18.5. The standard InChI is InChI=1S/C51H34N4/c1-4-16-35(17-5-1)41-22-10-11-23-42(41)39-30-33-45(51-53-49(37-18-6-2-7-19-37)52-50(54-51)38-20-8-3-9-21-38)46(34-39)36-28-31-40(32-29-36)55-47-26-14-12-24-43(47)44-25-13-15-27-48(44)55/h1-34H. The molecule has 10 aromatic rings. The zero-order chi connectivity index (χ0) is 36.6. The average Bonchev–Trinajstić information content (AvgIpc) is 3.61. The number of para-hydroxylation sites is 2. The quantitative estimate of drug-likeness (QED) is 0.166. The number of benzene rings is 8. The highest BCUT2D eigenvalue weighted by Gasteiger charge is 2.19. The maximum Gasteiger partial charge on any atom is 0.164 e. The Morgan fingerprint density at radius 2 is 0.691 bits per heavy atom. The van der Waals surface area contributed by atoms with Gasteiger partial charge in [0.1, 0.15) is 0 Å². The second-order valence-electron chi connectivity index (χ2n) is 13.6. The molecule has 4 nitrogen and oxygen atoms in total. The molecule has 0 saturated heterocycles. The first-order valence-corrected chi connectivity index (χ1v) is 18.5. The van der Waals surface area contributed by atoms with E-state index in [4.69, 9.17) is 15.0 Å². The van der Waals surface area contributed by atoms with Crippen molar-refractivity contribution in [2.45, 2.75) is 0 Å². The van der Waals surface area contributed by atoms with Gasteiger partial charge in [0.2, 0.25) is 0 Å². The summed E-state index contributed by atoms with van der Waals surface area (Å²) in [4.78, 5) is 15.3. The molecule has 0 unspecified atom stereocenters. The third kappa shape index (κ3) is 5.96. The zero-order valence-electron chi connectivity index (χ0n) is 29.9. The van der Waals surface area contributed by atoms with Crippen molar-refractivity contribution in [3.63, 3.8) is 0 Å². The highest BCUT2D eigenvalue weighted by atomic mass is 15.0. The second kappa shape index (κ2) is 13.8. The van der Waals surface area contributed by atoms with Gasteiger partial charge in [0.15, 0.2) is 17.5 Å². The Hall–Kier alpha value is -7.43. The Bertz CT molecular complexity index is 2840. The minimum absolute atomic E-state index is 0.622. The van der Waals surface area contributed by atoms with Crippen molar-refractivity contribution >= 4 is 21.8 Å². The summed E-state index contributed by atoms with van der Waals surface area (Å²) in [6.45, 7) is 0. The highest BCUT2D eigenvalue weighted by Crippen LogP contribution is 2.40. The summed E-state index contributed by atoms with van der Waals surface area (Å²) in [6, 6.07) is 72.3. The van der Waals surface area contributed by atoms with E-state index in [9.17, 15) is 0 Å². The van der Waals surface area contributed by atoms with Crippen LogP contribution in [0.15, 0.2) is 206 Å². The van der Waals surface area contributed by atoms with Crippen molar-refractivity contribution < 1.29 is 0 Å². The number of rotatable bonds is 7. The first-order chi connectivity index (χ1) is 27.3. The summed E-state index contributed by atoms with van der Waals surface area (Å²) in [5.41, 5.74) is 13.0. The third-order valence-corrected chi connectivity index (χ3v) is 10.3. The van der Waals surface area contributed by atoms with Crippen LogP contribution in [0.5, 0.6) is 0 Å². The highest BCUT2D eigenvalue weighted by molar-refractivity contribution is 6.09. The Balaban J connectivity index is 1.18. The number of hydrogen-bond acceptors (Lipinski definition) is 3. The third-order valence-electron chi connectivity index (χ3n) is 10.3. The van der Waals surface area contributed by atoms with Crippen molar-refractivity contribution in [2.24, 2.45) is 0 Å². The van der Waals surface area contributed by atoms with Crippen LogP contribution < -0.4 is 0 Å². The lowest BCUT2D eigenvalue weighted by molar-refractivity contribution is 1.07. The molecule has 0 saturated carbocycles. The number of fused-ring (bicyclic) bond motifs is 3. The number of aromatic nitrogens is 4. The minimum Gasteiger partial charge on any atom is -0.309 e. The lowest BCUT2D eigenvalue weighted by atomic mass is 9.90. The fourth-order valence-electron chi connectivity index (χ4n) is 7.67. The summed E-state index contributed by atoms with van der Waals surface area (Å²) in [5, 5.41) is 2.49. The smallest absolute Gasteiger partial charge is 0.164 e. The van der Waals surface area contributed by atoms with Crippen LogP contribution in [0.4, 0.5) is 0 Å². The number of nitrogens with zero attached hydrogens (tertiary/aromatic N) is 4. The van der Waals surface area contributed by atoms with Crippen LogP contribution >= 0.6 is 0 Å². The predicted octanol–water partition coefficient (Wildman–Crippen LogP) is 13.0. The zero-order valence-corrected chi connectivity index (χ0v) is 29.9. The molecule has 0 aliphatic carbocycles. The Morgan fingerprint density at radius 1 is 0.273 bits per heavy atom. The van der Waals surface area contributed by atoms with Crippen LogP contribution in [0.3, 0.4) is 0 Å². The van der Waals surface area contributed by atoms with Crippen molar-refractivity contribution in [3.05, 3.63) is 206 Å². The Kier molecular flexibility index (Phi) is 8.12. The van der Waals surface area contributed by atoms with Crippen LogP contribution in [0.25, 0.3) is 95.0 Å². The number of hydrogen-bond donors (Lipinski definition) is 0.